The first-order valence-electron chi connectivity index (χ1n) is 7.18. The van der Waals surface area contributed by atoms with Crippen LogP contribution in [0.4, 0.5) is 0 Å². The van der Waals surface area contributed by atoms with E-state index in [-0.39, 0.29) is 0 Å². The van der Waals surface area contributed by atoms with Crippen LogP contribution in [0.3, 0.4) is 0 Å². The molecule has 0 spiro atoms. The molecule has 100 valence electrons. The summed E-state index contributed by atoms with van der Waals surface area (Å²) in [5.74, 6) is 0. The third kappa shape index (κ3) is 1.68. The summed E-state index contributed by atoms with van der Waals surface area (Å²) < 4.78 is 1.95. The molecule has 20 heavy (non-hydrogen) atoms. The molecule has 2 heterocycles. The van der Waals surface area contributed by atoms with E-state index in [1.807, 2.05) is 16.9 Å². The molecule has 2 nitrogen and oxygen atoms in total. The fraction of sp³-hybridized carbons (Fsp3) is 0.278. The molecule has 0 saturated carbocycles. The van der Waals surface area contributed by atoms with Crippen LogP contribution in [0.25, 0.3) is 16.6 Å². The second kappa shape index (κ2) is 3.95. The average Bonchev–Trinajstić information content (AvgIpc) is 2.99. The summed E-state index contributed by atoms with van der Waals surface area (Å²) in [5, 5.41) is 4.34. The second-order valence-electron chi connectivity index (χ2n) is 6.54. The van der Waals surface area contributed by atoms with E-state index in [0.29, 0.717) is 5.41 Å². The molecule has 0 radical (unpaired) electrons. The summed E-state index contributed by atoms with van der Waals surface area (Å²) in [6.07, 6.45) is 6.21. The lowest BCUT2D eigenvalue weighted by molar-refractivity contribution is 0.393. The lowest BCUT2D eigenvalue weighted by Gasteiger charge is -2.15. The van der Waals surface area contributed by atoms with Crippen molar-refractivity contribution in [1.82, 2.24) is 9.61 Å². The maximum atomic E-state index is 4.34. The largest absolute Gasteiger partial charge is 0.240 e. The minimum atomic E-state index is 0.379. The molecule has 0 N–H and O–H groups in total. The van der Waals surface area contributed by atoms with Crippen molar-refractivity contribution in [3.63, 3.8) is 0 Å². The van der Waals surface area contributed by atoms with Gasteiger partial charge < -0.3 is 0 Å². The van der Waals surface area contributed by atoms with Gasteiger partial charge in [-0.2, -0.15) is 5.10 Å². The van der Waals surface area contributed by atoms with Gasteiger partial charge in [-0.15, -0.1) is 0 Å². The number of rotatable bonds is 1. The van der Waals surface area contributed by atoms with E-state index < -0.39 is 0 Å². The van der Waals surface area contributed by atoms with Crippen LogP contribution in [0.1, 0.15) is 25.0 Å². The normalized spacial score (nSPS) is 16.5. The predicted molar refractivity (Wildman–Crippen MR) is 81.8 cm³/mol. The summed E-state index contributed by atoms with van der Waals surface area (Å²) in [4.78, 5) is 0. The van der Waals surface area contributed by atoms with Crippen molar-refractivity contribution in [3.05, 3.63) is 59.9 Å². The molecular formula is C18H18N2. The highest BCUT2D eigenvalue weighted by molar-refractivity contribution is 5.82. The number of nitrogens with zero attached hydrogens (tertiary/aromatic N) is 2. The number of pyridine rings is 1. The van der Waals surface area contributed by atoms with Gasteiger partial charge in [-0.05, 0) is 47.1 Å². The van der Waals surface area contributed by atoms with Crippen LogP contribution < -0.4 is 0 Å². The highest BCUT2D eigenvalue weighted by Gasteiger charge is 2.30. The summed E-state index contributed by atoms with van der Waals surface area (Å²) in [6.45, 7) is 4.71. The van der Waals surface area contributed by atoms with E-state index in [4.69, 9.17) is 0 Å². The number of hydrogen-bond donors (Lipinski definition) is 0. The zero-order valence-corrected chi connectivity index (χ0v) is 11.9. The van der Waals surface area contributed by atoms with Crippen LogP contribution in [-0.4, -0.2) is 9.61 Å². The zero-order valence-electron chi connectivity index (χ0n) is 11.9. The maximum absolute atomic E-state index is 4.34. The lowest BCUT2D eigenvalue weighted by Crippen LogP contribution is -2.09. The first-order valence-corrected chi connectivity index (χ1v) is 7.18. The molecule has 0 aliphatic heterocycles. The molecule has 0 atom stereocenters. The van der Waals surface area contributed by atoms with Gasteiger partial charge in [0.25, 0.3) is 0 Å². The zero-order chi connectivity index (χ0) is 13.7. The smallest absolute Gasteiger partial charge is 0.0739 e. The number of aromatic nitrogens is 2. The molecule has 3 aromatic rings. The van der Waals surface area contributed by atoms with Crippen molar-refractivity contribution < 1.29 is 0 Å². The summed E-state index contributed by atoms with van der Waals surface area (Å²) in [7, 11) is 0. The highest BCUT2D eigenvalue weighted by Crippen LogP contribution is 2.41. The molecule has 0 saturated heterocycles. The first-order chi connectivity index (χ1) is 9.64. The van der Waals surface area contributed by atoms with Gasteiger partial charge in [-0.1, -0.05) is 38.1 Å². The molecule has 1 aliphatic carbocycles. The first kappa shape index (κ1) is 11.7. The topological polar surface area (TPSA) is 17.3 Å². The number of hydrogen-bond acceptors (Lipinski definition) is 1. The Morgan fingerprint density at radius 1 is 1.00 bits per heavy atom. The highest BCUT2D eigenvalue weighted by atomic mass is 15.2. The quantitative estimate of drug-likeness (QED) is 0.644. The second-order valence-corrected chi connectivity index (χ2v) is 6.54. The van der Waals surface area contributed by atoms with Gasteiger partial charge in [0.15, 0.2) is 0 Å². The summed E-state index contributed by atoms with van der Waals surface area (Å²) >= 11 is 0. The Bertz CT molecular complexity index is 796. The van der Waals surface area contributed by atoms with Crippen molar-refractivity contribution in [2.24, 2.45) is 5.41 Å². The third-order valence-electron chi connectivity index (χ3n) is 4.32. The van der Waals surface area contributed by atoms with E-state index in [1.54, 1.807) is 0 Å². The van der Waals surface area contributed by atoms with Crippen LogP contribution in [0.5, 0.6) is 0 Å². The van der Waals surface area contributed by atoms with Gasteiger partial charge >= 0.3 is 0 Å². The summed E-state index contributed by atoms with van der Waals surface area (Å²) in [5.41, 5.74) is 7.26. The molecule has 0 unspecified atom stereocenters. The van der Waals surface area contributed by atoms with E-state index in [1.165, 1.54) is 34.2 Å². The van der Waals surface area contributed by atoms with Crippen LogP contribution in [-0.2, 0) is 12.8 Å². The predicted octanol–water partition coefficient (Wildman–Crippen LogP) is 4.13. The van der Waals surface area contributed by atoms with Crippen LogP contribution in [0, 0.1) is 5.41 Å². The Hall–Kier alpha value is -2.09. The Morgan fingerprint density at radius 2 is 1.85 bits per heavy atom. The SMILES string of the molecule is CC1(C)Cc2cccc(-c3cccn4nccc34)c2C1. The van der Waals surface area contributed by atoms with Crippen LogP contribution in [0.2, 0.25) is 0 Å². The number of fused-ring (bicyclic) bond motifs is 2. The Balaban J connectivity index is 1.97. The molecular weight excluding hydrogens is 244 g/mol. The van der Waals surface area contributed by atoms with Gasteiger partial charge in [-0.3, -0.25) is 0 Å². The molecule has 1 aliphatic rings. The van der Waals surface area contributed by atoms with Crippen LogP contribution in [0.15, 0.2) is 48.8 Å². The minimum absolute atomic E-state index is 0.379. The molecule has 1 aromatic carbocycles. The van der Waals surface area contributed by atoms with Gasteiger partial charge in [0.05, 0.1) is 5.52 Å². The van der Waals surface area contributed by atoms with Gasteiger partial charge in [0.2, 0.25) is 0 Å². The van der Waals surface area contributed by atoms with Crippen molar-refractivity contribution in [2.75, 3.05) is 0 Å². The van der Waals surface area contributed by atoms with E-state index in [2.05, 4.69) is 55.3 Å². The fourth-order valence-electron chi connectivity index (χ4n) is 3.50. The van der Waals surface area contributed by atoms with Crippen LogP contribution >= 0.6 is 0 Å². The fourth-order valence-corrected chi connectivity index (χ4v) is 3.50. The molecule has 0 fully saturated rings. The lowest BCUT2D eigenvalue weighted by atomic mass is 9.89. The molecule has 0 bridgehead atoms. The molecule has 2 aromatic heterocycles. The molecule has 4 rings (SSSR count). The van der Waals surface area contributed by atoms with E-state index >= 15 is 0 Å². The molecule has 0 amide bonds. The monoisotopic (exact) mass is 262 g/mol. The van der Waals surface area contributed by atoms with Crippen molar-refractivity contribution in [3.8, 4) is 11.1 Å². The Labute approximate surface area is 119 Å². The standard InChI is InChI=1S/C18H18N2/c1-18(2)11-13-5-3-6-14(16(13)12-18)15-7-4-10-20-17(15)8-9-19-20/h3-10H,11-12H2,1-2H3. The average molecular weight is 262 g/mol. The molecule has 2 heteroatoms. The van der Waals surface area contributed by atoms with Crippen molar-refractivity contribution in [1.29, 1.82) is 0 Å². The van der Waals surface area contributed by atoms with E-state index in [9.17, 15) is 0 Å². The van der Waals surface area contributed by atoms with Crippen molar-refractivity contribution >= 4 is 5.52 Å². The Morgan fingerprint density at radius 3 is 2.75 bits per heavy atom. The summed E-state index contributed by atoms with van der Waals surface area (Å²) in [6, 6.07) is 13.1. The van der Waals surface area contributed by atoms with Gasteiger partial charge in [-0.25, -0.2) is 4.52 Å². The van der Waals surface area contributed by atoms with Gasteiger partial charge in [0, 0.05) is 18.0 Å². The Kier molecular flexibility index (Phi) is 2.31. The van der Waals surface area contributed by atoms with E-state index in [0.717, 1.165) is 6.42 Å². The van der Waals surface area contributed by atoms with Crippen molar-refractivity contribution in [2.45, 2.75) is 26.7 Å². The maximum Gasteiger partial charge on any atom is 0.0739 e. The minimum Gasteiger partial charge on any atom is -0.240 e. The number of benzene rings is 1. The third-order valence-corrected chi connectivity index (χ3v) is 4.32. The van der Waals surface area contributed by atoms with Gasteiger partial charge in [0.1, 0.15) is 0 Å².